The Morgan fingerprint density at radius 1 is 1.20 bits per heavy atom. The fourth-order valence-corrected chi connectivity index (χ4v) is 2.36. The van der Waals surface area contributed by atoms with Crippen molar-refractivity contribution in [2.75, 3.05) is 12.4 Å². The van der Waals surface area contributed by atoms with Gasteiger partial charge in [0.25, 0.3) is 11.6 Å². The van der Waals surface area contributed by atoms with E-state index < -0.39 is 16.9 Å². The van der Waals surface area contributed by atoms with Crippen LogP contribution in [-0.4, -0.2) is 24.0 Å². The summed E-state index contributed by atoms with van der Waals surface area (Å²) in [6.07, 6.45) is -0.788. The third kappa shape index (κ3) is 4.26. The predicted octanol–water partition coefficient (Wildman–Crippen LogP) is 3.63. The molecule has 132 valence electrons. The molecule has 2 rings (SSSR count). The molecule has 0 saturated carbocycles. The largest absolute Gasteiger partial charge is 0.495 e. The Labute approximate surface area is 145 Å². The van der Waals surface area contributed by atoms with Crippen LogP contribution in [0.1, 0.15) is 18.1 Å². The first-order valence-corrected chi connectivity index (χ1v) is 7.69. The molecule has 0 bridgehead atoms. The summed E-state index contributed by atoms with van der Waals surface area (Å²) in [5.41, 5.74) is 1.93. The molecule has 0 radical (unpaired) electrons. The Hall–Kier alpha value is -3.09. The Morgan fingerprint density at radius 3 is 2.40 bits per heavy atom. The molecule has 1 amide bonds. The minimum absolute atomic E-state index is 0.139. The molecule has 7 nitrogen and oxygen atoms in total. The molecule has 0 aliphatic rings. The van der Waals surface area contributed by atoms with Gasteiger partial charge in [-0.2, -0.15) is 0 Å². The minimum Gasteiger partial charge on any atom is -0.495 e. The third-order valence-electron chi connectivity index (χ3n) is 3.72. The molecule has 0 fully saturated rings. The van der Waals surface area contributed by atoms with Crippen LogP contribution in [0.3, 0.4) is 0 Å². The van der Waals surface area contributed by atoms with Crippen molar-refractivity contribution in [3.05, 3.63) is 57.6 Å². The predicted molar refractivity (Wildman–Crippen MR) is 94.3 cm³/mol. The first-order chi connectivity index (χ1) is 11.8. The lowest BCUT2D eigenvalue weighted by molar-refractivity contribution is -0.384. The maximum atomic E-state index is 12.4. The zero-order valence-corrected chi connectivity index (χ0v) is 14.5. The number of amides is 1. The second kappa shape index (κ2) is 7.65. The van der Waals surface area contributed by atoms with Crippen molar-refractivity contribution in [2.45, 2.75) is 26.9 Å². The number of hydrogen-bond donors (Lipinski definition) is 1. The van der Waals surface area contributed by atoms with E-state index in [0.717, 1.165) is 11.1 Å². The Morgan fingerprint density at radius 2 is 1.84 bits per heavy atom. The molecule has 0 aromatic heterocycles. The number of carbonyl (C=O) groups excluding carboxylic acids is 1. The van der Waals surface area contributed by atoms with Crippen molar-refractivity contribution < 1.29 is 19.2 Å². The molecular formula is C18H20N2O5. The minimum atomic E-state index is -0.788. The van der Waals surface area contributed by atoms with Crippen molar-refractivity contribution in [3.8, 4) is 11.5 Å². The van der Waals surface area contributed by atoms with E-state index in [2.05, 4.69) is 5.32 Å². The Kier molecular flexibility index (Phi) is 5.59. The summed E-state index contributed by atoms with van der Waals surface area (Å²) in [4.78, 5) is 22.8. The highest BCUT2D eigenvalue weighted by molar-refractivity contribution is 5.95. The highest BCUT2D eigenvalue weighted by atomic mass is 16.6. The van der Waals surface area contributed by atoms with E-state index in [1.54, 1.807) is 6.92 Å². The fraction of sp³-hybridized carbons (Fsp3) is 0.278. The Bertz CT molecular complexity index is 784. The molecule has 7 heteroatoms. The highest BCUT2D eigenvalue weighted by Gasteiger charge is 2.20. The molecule has 0 aliphatic heterocycles. The maximum absolute atomic E-state index is 12.4. The second-order valence-corrected chi connectivity index (χ2v) is 5.61. The van der Waals surface area contributed by atoms with Gasteiger partial charge in [-0.15, -0.1) is 0 Å². The summed E-state index contributed by atoms with van der Waals surface area (Å²) in [7, 11) is 1.42. The van der Waals surface area contributed by atoms with Crippen molar-refractivity contribution in [1.82, 2.24) is 0 Å². The zero-order chi connectivity index (χ0) is 18.6. The summed E-state index contributed by atoms with van der Waals surface area (Å²) in [5, 5.41) is 13.5. The van der Waals surface area contributed by atoms with Gasteiger partial charge in [-0.3, -0.25) is 14.9 Å². The molecular weight excluding hydrogens is 324 g/mol. The second-order valence-electron chi connectivity index (χ2n) is 5.61. The number of para-hydroxylation sites is 1. The number of anilines is 1. The van der Waals surface area contributed by atoms with Crippen molar-refractivity contribution in [2.24, 2.45) is 0 Å². The van der Waals surface area contributed by atoms with E-state index in [4.69, 9.17) is 9.47 Å². The van der Waals surface area contributed by atoms with Crippen molar-refractivity contribution in [3.63, 3.8) is 0 Å². The van der Waals surface area contributed by atoms with Crippen LogP contribution in [0.2, 0.25) is 0 Å². The van der Waals surface area contributed by atoms with Gasteiger partial charge in [0.1, 0.15) is 11.5 Å². The highest BCUT2D eigenvalue weighted by Crippen LogP contribution is 2.29. The van der Waals surface area contributed by atoms with Gasteiger partial charge in [0.15, 0.2) is 6.10 Å². The van der Waals surface area contributed by atoms with E-state index in [1.807, 2.05) is 32.0 Å². The number of aryl methyl sites for hydroxylation is 2. The van der Waals surface area contributed by atoms with Gasteiger partial charge in [-0.1, -0.05) is 18.2 Å². The fourth-order valence-electron chi connectivity index (χ4n) is 2.36. The molecule has 0 aliphatic carbocycles. The summed E-state index contributed by atoms with van der Waals surface area (Å²) < 4.78 is 10.9. The van der Waals surface area contributed by atoms with E-state index in [9.17, 15) is 14.9 Å². The number of non-ortho nitro benzene ring substituents is 1. The van der Waals surface area contributed by atoms with E-state index in [1.165, 1.54) is 25.3 Å². The number of nitro groups is 1. The van der Waals surface area contributed by atoms with Crippen LogP contribution in [0.4, 0.5) is 11.4 Å². The number of nitrogens with zero attached hydrogens (tertiary/aromatic N) is 1. The first kappa shape index (κ1) is 18.3. The van der Waals surface area contributed by atoms with Crippen LogP contribution in [-0.2, 0) is 4.79 Å². The zero-order valence-electron chi connectivity index (χ0n) is 14.5. The van der Waals surface area contributed by atoms with Gasteiger partial charge in [-0.05, 0) is 38.0 Å². The number of ether oxygens (including phenoxy) is 2. The van der Waals surface area contributed by atoms with Gasteiger partial charge in [0.2, 0.25) is 0 Å². The van der Waals surface area contributed by atoms with Gasteiger partial charge >= 0.3 is 0 Å². The van der Waals surface area contributed by atoms with Crippen LogP contribution in [0.25, 0.3) is 0 Å². The molecule has 2 aromatic rings. The maximum Gasteiger partial charge on any atom is 0.271 e. The lowest BCUT2D eigenvalue weighted by atomic mass is 10.1. The molecule has 0 saturated heterocycles. The molecule has 1 atom stereocenters. The molecule has 25 heavy (non-hydrogen) atoms. The van der Waals surface area contributed by atoms with Crippen molar-refractivity contribution >= 4 is 17.3 Å². The SMILES string of the molecule is COc1ccc([N+](=O)[O-])cc1NC(=O)C(C)Oc1c(C)cccc1C. The summed E-state index contributed by atoms with van der Waals surface area (Å²) in [6.45, 7) is 5.41. The smallest absolute Gasteiger partial charge is 0.271 e. The topological polar surface area (TPSA) is 90.7 Å². The van der Waals surface area contributed by atoms with E-state index in [0.29, 0.717) is 11.5 Å². The van der Waals surface area contributed by atoms with Gasteiger partial charge in [0, 0.05) is 12.1 Å². The first-order valence-electron chi connectivity index (χ1n) is 7.69. The van der Waals surface area contributed by atoms with Gasteiger partial charge in [-0.25, -0.2) is 0 Å². The number of methoxy groups -OCH3 is 1. The molecule has 1 N–H and O–H groups in total. The van der Waals surface area contributed by atoms with Crippen LogP contribution >= 0.6 is 0 Å². The average molecular weight is 344 g/mol. The summed E-state index contributed by atoms with van der Waals surface area (Å²) in [6, 6.07) is 9.71. The molecule has 1 unspecified atom stereocenters. The number of hydrogen-bond acceptors (Lipinski definition) is 5. The van der Waals surface area contributed by atoms with Crippen LogP contribution in [0, 0.1) is 24.0 Å². The summed E-state index contributed by atoms with van der Waals surface area (Å²) in [5.74, 6) is 0.552. The average Bonchev–Trinajstić information content (AvgIpc) is 2.57. The van der Waals surface area contributed by atoms with Crippen molar-refractivity contribution in [1.29, 1.82) is 0 Å². The molecule has 2 aromatic carbocycles. The van der Waals surface area contributed by atoms with E-state index in [-0.39, 0.29) is 11.4 Å². The van der Waals surface area contributed by atoms with Crippen LogP contribution in [0.5, 0.6) is 11.5 Å². The number of nitro benzene ring substituents is 1. The Balaban J connectivity index is 2.18. The number of carbonyl (C=O) groups is 1. The van der Waals surface area contributed by atoms with Gasteiger partial charge in [0.05, 0.1) is 17.7 Å². The van der Waals surface area contributed by atoms with Gasteiger partial charge < -0.3 is 14.8 Å². The normalized spacial score (nSPS) is 11.5. The number of benzene rings is 2. The third-order valence-corrected chi connectivity index (χ3v) is 3.72. The summed E-state index contributed by atoms with van der Waals surface area (Å²) >= 11 is 0. The molecule has 0 spiro atoms. The quantitative estimate of drug-likeness (QED) is 0.638. The van der Waals surface area contributed by atoms with Crippen LogP contribution in [0.15, 0.2) is 36.4 Å². The van der Waals surface area contributed by atoms with E-state index >= 15 is 0 Å². The van der Waals surface area contributed by atoms with Crippen LogP contribution < -0.4 is 14.8 Å². The lowest BCUT2D eigenvalue weighted by Crippen LogP contribution is -2.30. The molecule has 0 heterocycles. The lowest BCUT2D eigenvalue weighted by Gasteiger charge is -2.18. The number of rotatable bonds is 6. The monoisotopic (exact) mass is 344 g/mol. The standard InChI is InChI=1S/C18H20N2O5/c1-11-6-5-7-12(2)17(11)25-13(3)18(21)19-15-10-14(20(22)23)8-9-16(15)24-4/h5-10,13H,1-4H3,(H,19,21). The number of nitrogens with one attached hydrogen (secondary N) is 1.